The van der Waals surface area contributed by atoms with Crippen LogP contribution in [0.2, 0.25) is 0 Å². The Hall–Kier alpha value is -1.69. The Bertz CT molecular complexity index is 619. The summed E-state index contributed by atoms with van der Waals surface area (Å²) >= 11 is 0. The maximum Gasteiger partial charge on any atom is 0.396 e. The largest absolute Gasteiger partial charge is 0.441 e. The molecular formula is C20H27O6P. The molecule has 2 aromatic rings. The van der Waals surface area contributed by atoms with E-state index in [9.17, 15) is 0 Å². The number of rotatable bonds is 10. The molecule has 2 aromatic carbocycles. The van der Waals surface area contributed by atoms with Crippen molar-refractivity contribution in [1.29, 1.82) is 0 Å². The molecule has 0 aliphatic carbocycles. The highest BCUT2D eigenvalue weighted by Crippen LogP contribution is 2.40. The Kier molecular flexibility index (Phi) is 8.02. The molecular weight excluding hydrogens is 367 g/mol. The van der Waals surface area contributed by atoms with E-state index >= 15 is 0 Å². The zero-order chi connectivity index (χ0) is 19.9. The van der Waals surface area contributed by atoms with Crippen LogP contribution in [0.1, 0.15) is 25.0 Å². The summed E-state index contributed by atoms with van der Waals surface area (Å²) in [5.41, 5.74) is 2.13. The number of methoxy groups -OCH3 is 2. The van der Waals surface area contributed by atoms with E-state index in [1.54, 1.807) is 14.2 Å². The Morgan fingerprint density at radius 1 is 0.704 bits per heavy atom. The number of ether oxygens (including phenoxy) is 3. The molecule has 0 aliphatic heterocycles. The van der Waals surface area contributed by atoms with Crippen LogP contribution in [-0.4, -0.2) is 34.9 Å². The van der Waals surface area contributed by atoms with E-state index in [4.69, 9.17) is 27.8 Å². The minimum Gasteiger partial charge on any atom is -0.441 e. The highest BCUT2D eigenvalue weighted by atomic mass is 31.2. The Morgan fingerprint density at radius 3 is 1.56 bits per heavy atom. The first kappa shape index (κ1) is 21.6. The fourth-order valence-corrected chi connectivity index (χ4v) is 3.18. The van der Waals surface area contributed by atoms with Crippen LogP contribution in [0.15, 0.2) is 48.5 Å². The third-order valence-corrected chi connectivity index (χ3v) is 5.20. The molecule has 0 N–H and O–H groups in total. The fourth-order valence-electron chi connectivity index (χ4n) is 2.59. The van der Waals surface area contributed by atoms with Gasteiger partial charge < -0.3 is 27.8 Å². The molecule has 0 spiro atoms. The van der Waals surface area contributed by atoms with E-state index in [1.807, 2.05) is 48.5 Å². The minimum atomic E-state index is -1.36. The summed E-state index contributed by atoms with van der Waals surface area (Å²) < 4.78 is 31.6. The number of hydrogen-bond acceptors (Lipinski definition) is 6. The third kappa shape index (κ3) is 5.64. The average molecular weight is 394 g/mol. The molecule has 0 atom stereocenters. The standard InChI is InChI=1S/C20H27O6P/c1-20(2,15-7-11-17(12-8-15)25-19(21-3)22-4)16-9-13-18(14-10-16)26-27(23-5)24-6/h7-14,19H,1-6H3. The highest BCUT2D eigenvalue weighted by molar-refractivity contribution is 7.42. The summed E-state index contributed by atoms with van der Waals surface area (Å²) in [5.74, 6) is 1.39. The van der Waals surface area contributed by atoms with Crippen LogP contribution in [0.5, 0.6) is 11.5 Å². The lowest BCUT2D eigenvalue weighted by Crippen LogP contribution is -2.21. The molecule has 0 fully saturated rings. The molecule has 2 rings (SSSR count). The molecule has 6 nitrogen and oxygen atoms in total. The topological polar surface area (TPSA) is 55.4 Å². The van der Waals surface area contributed by atoms with E-state index in [2.05, 4.69) is 13.8 Å². The van der Waals surface area contributed by atoms with Crippen molar-refractivity contribution in [1.82, 2.24) is 0 Å². The Morgan fingerprint density at radius 2 is 1.15 bits per heavy atom. The smallest absolute Gasteiger partial charge is 0.396 e. The summed E-state index contributed by atoms with van der Waals surface area (Å²) in [7, 11) is 4.81. The van der Waals surface area contributed by atoms with E-state index in [1.165, 1.54) is 14.2 Å². The van der Waals surface area contributed by atoms with Crippen molar-refractivity contribution in [2.45, 2.75) is 25.7 Å². The minimum absolute atomic E-state index is 0.188. The van der Waals surface area contributed by atoms with Gasteiger partial charge in [0.2, 0.25) is 0 Å². The second kappa shape index (κ2) is 10.0. The van der Waals surface area contributed by atoms with Crippen LogP contribution in [0.4, 0.5) is 0 Å². The van der Waals surface area contributed by atoms with Gasteiger partial charge in [0.15, 0.2) is 0 Å². The van der Waals surface area contributed by atoms with Crippen molar-refractivity contribution in [3.8, 4) is 11.5 Å². The third-order valence-electron chi connectivity index (χ3n) is 4.25. The zero-order valence-electron chi connectivity index (χ0n) is 16.6. The molecule has 0 bridgehead atoms. The second-order valence-corrected chi connectivity index (χ2v) is 7.59. The normalized spacial score (nSPS) is 11.9. The summed E-state index contributed by atoms with van der Waals surface area (Å²) in [6, 6.07) is 15.8. The summed E-state index contributed by atoms with van der Waals surface area (Å²) in [5, 5.41) is 0. The quantitative estimate of drug-likeness (QED) is 0.423. The number of benzene rings is 2. The molecule has 0 amide bonds. The van der Waals surface area contributed by atoms with Crippen molar-refractivity contribution >= 4 is 8.60 Å². The fraction of sp³-hybridized carbons (Fsp3) is 0.400. The van der Waals surface area contributed by atoms with Gasteiger partial charge in [0, 0.05) is 33.9 Å². The maximum absolute atomic E-state index is 5.64. The van der Waals surface area contributed by atoms with Crippen molar-refractivity contribution in [2.75, 3.05) is 28.4 Å². The first-order valence-corrected chi connectivity index (χ1v) is 9.53. The zero-order valence-corrected chi connectivity index (χ0v) is 17.5. The number of hydrogen-bond donors (Lipinski definition) is 0. The van der Waals surface area contributed by atoms with Gasteiger partial charge in [-0.05, 0) is 35.4 Å². The lowest BCUT2D eigenvalue weighted by molar-refractivity contribution is -0.219. The summed E-state index contributed by atoms with van der Waals surface area (Å²) in [6.45, 7) is 3.62. The molecule has 0 radical (unpaired) electrons. The SMILES string of the molecule is COC(OC)Oc1ccc(C(C)(C)c2ccc(OP(OC)OC)cc2)cc1. The van der Waals surface area contributed by atoms with Crippen LogP contribution in [0.3, 0.4) is 0 Å². The van der Waals surface area contributed by atoms with Gasteiger partial charge in [-0.1, -0.05) is 38.1 Å². The van der Waals surface area contributed by atoms with Crippen LogP contribution in [0, 0.1) is 0 Å². The molecule has 0 aliphatic rings. The molecule has 0 heterocycles. The van der Waals surface area contributed by atoms with Crippen LogP contribution < -0.4 is 9.26 Å². The molecule has 0 aromatic heterocycles. The van der Waals surface area contributed by atoms with Gasteiger partial charge in [-0.25, -0.2) is 0 Å². The van der Waals surface area contributed by atoms with Crippen molar-refractivity contribution in [3.63, 3.8) is 0 Å². The average Bonchev–Trinajstić information content (AvgIpc) is 2.70. The predicted octanol–water partition coefficient (Wildman–Crippen LogP) is 4.87. The van der Waals surface area contributed by atoms with Gasteiger partial charge in [-0.3, -0.25) is 0 Å². The molecule has 0 unspecified atom stereocenters. The molecule has 0 saturated carbocycles. The van der Waals surface area contributed by atoms with Gasteiger partial charge in [0.1, 0.15) is 11.5 Å². The monoisotopic (exact) mass is 394 g/mol. The van der Waals surface area contributed by atoms with Crippen molar-refractivity contribution in [3.05, 3.63) is 59.7 Å². The lowest BCUT2D eigenvalue weighted by atomic mass is 9.78. The summed E-state index contributed by atoms with van der Waals surface area (Å²) in [4.78, 5) is 0. The van der Waals surface area contributed by atoms with Crippen LogP contribution in [-0.2, 0) is 23.9 Å². The first-order chi connectivity index (χ1) is 12.9. The van der Waals surface area contributed by atoms with E-state index in [0.717, 1.165) is 11.1 Å². The van der Waals surface area contributed by atoms with Gasteiger partial charge in [0.05, 0.1) is 0 Å². The van der Waals surface area contributed by atoms with E-state index in [-0.39, 0.29) is 5.41 Å². The van der Waals surface area contributed by atoms with Gasteiger partial charge in [0.25, 0.3) is 0 Å². The van der Waals surface area contributed by atoms with Gasteiger partial charge in [-0.15, -0.1) is 0 Å². The van der Waals surface area contributed by atoms with E-state index in [0.29, 0.717) is 11.5 Å². The van der Waals surface area contributed by atoms with Gasteiger partial charge in [-0.2, -0.15) is 0 Å². The Balaban J connectivity index is 2.12. The van der Waals surface area contributed by atoms with Gasteiger partial charge >= 0.3 is 15.1 Å². The predicted molar refractivity (Wildman–Crippen MR) is 105 cm³/mol. The Labute approximate surface area is 162 Å². The van der Waals surface area contributed by atoms with Crippen molar-refractivity contribution < 1.29 is 27.8 Å². The molecule has 27 heavy (non-hydrogen) atoms. The first-order valence-electron chi connectivity index (χ1n) is 8.44. The van der Waals surface area contributed by atoms with Crippen LogP contribution >= 0.6 is 8.60 Å². The lowest BCUT2D eigenvalue weighted by Gasteiger charge is -2.27. The van der Waals surface area contributed by atoms with Crippen LogP contribution in [0.25, 0.3) is 0 Å². The maximum atomic E-state index is 5.64. The molecule has 7 heteroatoms. The second-order valence-electron chi connectivity index (χ2n) is 6.23. The summed E-state index contributed by atoms with van der Waals surface area (Å²) in [6.07, 6.45) is 0. The van der Waals surface area contributed by atoms with E-state index < -0.39 is 15.1 Å². The highest BCUT2D eigenvalue weighted by Gasteiger charge is 2.23. The van der Waals surface area contributed by atoms with Crippen molar-refractivity contribution in [2.24, 2.45) is 0 Å². The molecule has 148 valence electrons. The molecule has 0 saturated heterocycles.